The molecule has 4 rings (SSSR count). The van der Waals surface area contributed by atoms with Gasteiger partial charge in [-0.15, -0.1) is 0 Å². The number of rotatable bonds is 7. The molecule has 1 atom stereocenters. The normalized spacial score (nSPS) is 19.5. The fourth-order valence-electron chi connectivity index (χ4n) is 3.94. The maximum atomic E-state index is 12.2. The van der Waals surface area contributed by atoms with Crippen molar-refractivity contribution in [2.45, 2.75) is 51.5 Å². The van der Waals surface area contributed by atoms with Gasteiger partial charge in [0, 0.05) is 37.9 Å². The Bertz CT molecular complexity index is 877. The van der Waals surface area contributed by atoms with E-state index >= 15 is 0 Å². The highest BCUT2D eigenvalue weighted by atomic mass is 16.2. The largest absolute Gasteiger partial charge is 0.379 e. The van der Waals surface area contributed by atoms with Gasteiger partial charge in [-0.05, 0) is 36.6 Å². The van der Waals surface area contributed by atoms with Gasteiger partial charge in [-0.3, -0.25) is 19.8 Å². The van der Waals surface area contributed by atoms with Crippen LogP contribution in [-0.4, -0.2) is 38.9 Å². The number of piperidine rings is 1. The first-order chi connectivity index (χ1) is 13.6. The number of benzene rings is 1. The number of carbonyl (C=O) groups is 2. The van der Waals surface area contributed by atoms with Gasteiger partial charge in [0.1, 0.15) is 0 Å². The summed E-state index contributed by atoms with van der Waals surface area (Å²) in [6, 6.07) is 5.97. The number of aryl methyl sites for hydroxylation is 1. The molecule has 0 bridgehead atoms. The molecule has 148 valence electrons. The molecule has 2 amide bonds. The van der Waals surface area contributed by atoms with Crippen LogP contribution in [0.2, 0.25) is 0 Å². The predicted octanol–water partition coefficient (Wildman–Crippen LogP) is 0.965. The molecular formula is C20H26N6O2. The molecule has 8 nitrogen and oxygen atoms in total. The molecule has 3 heterocycles. The average Bonchev–Trinajstić information content (AvgIpc) is 3.31. The second kappa shape index (κ2) is 8.12. The van der Waals surface area contributed by atoms with Crippen LogP contribution >= 0.6 is 0 Å². The summed E-state index contributed by atoms with van der Waals surface area (Å²) < 4.78 is 2.06. The van der Waals surface area contributed by atoms with Crippen molar-refractivity contribution in [1.82, 2.24) is 19.8 Å². The second-order valence-corrected chi connectivity index (χ2v) is 7.41. The zero-order chi connectivity index (χ0) is 19.5. The summed E-state index contributed by atoms with van der Waals surface area (Å²) in [4.78, 5) is 30.2. The third-order valence-corrected chi connectivity index (χ3v) is 5.43. The van der Waals surface area contributed by atoms with Gasteiger partial charge in [0.25, 0.3) is 0 Å². The Labute approximate surface area is 164 Å². The van der Waals surface area contributed by atoms with Crippen LogP contribution in [0.5, 0.6) is 0 Å². The molecule has 2 aliphatic heterocycles. The van der Waals surface area contributed by atoms with E-state index in [0.717, 1.165) is 30.9 Å². The van der Waals surface area contributed by atoms with Gasteiger partial charge in [0.05, 0.1) is 24.6 Å². The number of hydrogen-bond acceptors (Lipinski definition) is 6. The quantitative estimate of drug-likeness (QED) is 0.616. The molecule has 1 fully saturated rings. The van der Waals surface area contributed by atoms with E-state index in [4.69, 9.17) is 5.73 Å². The third kappa shape index (κ3) is 3.93. The molecule has 2 aromatic rings. The van der Waals surface area contributed by atoms with Crippen LogP contribution in [0.15, 0.2) is 30.7 Å². The number of fused-ring (bicyclic) bond motifs is 1. The molecule has 1 aromatic carbocycles. The highest BCUT2D eigenvalue weighted by Crippen LogP contribution is 2.32. The van der Waals surface area contributed by atoms with Crippen molar-refractivity contribution in [3.63, 3.8) is 0 Å². The van der Waals surface area contributed by atoms with Crippen LogP contribution in [0.4, 0.5) is 5.69 Å². The van der Waals surface area contributed by atoms with Gasteiger partial charge < -0.3 is 15.6 Å². The smallest absolute Gasteiger partial charge is 0.243 e. The van der Waals surface area contributed by atoms with E-state index in [0.29, 0.717) is 32.5 Å². The van der Waals surface area contributed by atoms with Crippen LogP contribution < -0.4 is 16.4 Å². The van der Waals surface area contributed by atoms with Gasteiger partial charge in [0.2, 0.25) is 11.8 Å². The van der Waals surface area contributed by atoms with E-state index in [1.165, 1.54) is 11.1 Å². The molecule has 0 saturated carbocycles. The molecule has 4 N–H and O–H groups in total. The fraction of sp³-hybridized carbons (Fsp3) is 0.450. The predicted molar refractivity (Wildman–Crippen MR) is 105 cm³/mol. The lowest BCUT2D eigenvalue weighted by atomic mass is 10.0. The number of nitrogens with one attached hydrogen (secondary N) is 2. The highest BCUT2D eigenvalue weighted by Gasteiger charge is 2.35. The van der Waals surface area contributed by atoms with Gasteiger partial charge in [-0.25, -0.2) is 4.98 Å². The number of amides is 2. The highest BCUT2D eigenvalue weighted by molar-refractivity contribution is 6.00. The van der Waals surface area contributed by atoms with Crippen molar-refractivity contribution in [1.29, 1.82) is 0 Å². The number of nitrogens with zero attached hydrogens (tertiary/aromatic N) is 3. The molecule has 1 saturated heterocycles. The van der Waals surface area contributed by atoms with E-state index < -0.39 is 0 Å². The average molecular weight is 382 g/mol. The molecule has 8 heteroatoms. The molecule has 28 heavy (non-hydrogen) atoms. The zero-order valence-corrected chi connectivity index (χ0v) is 15.9. The van der Waals surface area contributed by atoms with Crippen LogP contribution in [0.1, 0.15) is 36.1 Å². The number of nitrogens with two attached hydrogens (primary N) is 1. The number of carbonyl (C=O) groups excluding carboxylic acids is 2. The second-order valence-electron chi connectivity index (χ2n) is 7.41. The van der Waals surface area contributed by atoms with Gasteiger partial charge in [-0.1, -0.05) is 12.1 Å². The Hall–Kier alpha value is -2.71. The number of anilines is 1. The van der Waals surface area contributed by atoms with E-state index in [1.807, 2.05) is 18.6 Å². The van der Waals surface area contributed by atoms with E-state index in [-0.39, 0.29) is 17.9 Å². The molecular weight excluding hydrogens is 356 g/mol. The van der Waals surface area contributed by atoms with Crippen molar-refractivity contribution in [3.05, 3.63) is 47.5 Å². The number of imide groups is 1. The monoisotopic (exact) mass is 382 g/mol. The third-order valence-electron chi connectivity index (χ3n) is 5.43. The SMILES string of the molecule is NCCCn1cnc(CNc2cccc3c2CN(C2CCC(=O)NC2=O)C3)c1. The molecule has 1 aromatic heterocycles. The van der Waals surface area contributed by atoms with E-state index in [1.54, 1.807) is 0 Å². The first-order valence-corrected chi connectivity index (χ1v) is 9.77. The molecule has 1 unspecified atom stereocenters. The van der Waals surface area contributed by atoms with Gasteiger partial charge >= 0.3 is 0 Å². The molecule has 0 spiro atoms. The Morgan fingerprint density at radius 2 is 2.18 bits per heavy atom. The lowest BCUT2D eigenvalue weighted by molar-refractivity contribution is -0.137. The number of imidazole rings is 1. The maximum Gasteiger partial charge on any atom is 0.243 e. The lowest BCUT2D eigenvalue weighted by Crippen LogP contribution is -2.50. The van der Waals surface area contributed by atoms with Crippen LogP contribution in [0, 0.1) is 0 Å². The minimum absolute atomic E-state index is 0.175. The topological polar surface area (TPSA) is 105 Å². The lowest BCUT2D eigenvalue weighted by Gasteiger charge is -2.29. The van der Waals surface area contributed by atoms with E-state index in [9.17, 15) is 9.59 Å². The summed E-state index contributed by atoms with van der Waals surface area (Å²) in [6.45, 7) is 3.63. The minimum Gasteiger partial charge on any atom is -0.379 e. The van der Waals surface area contributed by atoms with Crippen molar-refractivity contribution >= 4 is 17.5 Å². The van der Waals surface area contributed by atoms with Gasteiger partial charge in [-0.2, -0.15) is 0 Å². The molecule has 2 aliphatic rings. The zero-order valence-electron chi connectivity index (χ0n) is 15.9. The molecule has 0 aliphatic carbocycles. The Morgan fingerprint density at radius 1 is 1.29 bits per heavy atom. The number of aromatic nitrogens is 2. The maximum absolute atomic E-state index is 12.2. The summed E-state index contributed by atoms with van der Waals surface area (Å²) in [5.74, 6) is -0.354. The summed E-state index contributed by atoms with van der Waals surface area (Å²) in [6.07, 6.45) is 5.81. The summed E-state index contributed by atoms with van der Waals surface area (Å²) in [5, 5.41) is 5.95. The van der Waals surface area contributed by atoms with Crippen molar-refractivity contribution < 1.29 is 9.59 Å². The standard InChI is InChI=1S/C20H26N6O2/c21-7-2-8-25-11-15(23-13-25)9-22-17-4-1-3-14-10-26(12-16(14)17)18-5-6-19(27)24-20(18)28/h1,3-4,11,13,18,22H,2,5-10,12,21H2,(H,24,27,28). The fourth-order valence-corrected chi connectivity index (χ4v) is 3.94. The molecule has 0 radical (unpaired) electrons. The summed E-state index contributed by atoms with van der Waals surface area (Å²) >= 11 is 0. The van der Waals surface area contributed by atoms with Crippen LogP contribution in [-0.2, 0) is 35.8 Å². The first-order valence-electron chi connectivity index (χ1n) is 9.77. The van der Waals surface area contributed by atoms with Gasteiger partial charge in [0.15, 0.2) is 0 Å². The van der Waals surface area contributed by atoms with Crippen molar-refractivity contribution in [2.75, 3.05) is 11.9 Å². The van der Waals surface area contributed by atoms with Crippen LogP contribution in [0.25, 0.3) is 0 Å². The van der Waals surface area contributed by atoms with Crippen LogP contribution in [0.3, 0.4) is 0 Å². The summed E-state index contributed by atoms with van der Waals surface area (Å²) in [7, 11) is 0. The number of hydrogen-bond donors (Lipinski definition) is 3. The first kappa shape index (κ1) is 18.6. The Kier molecular flexibility index (Phi) is 5.40. The minimum atomic E-state index is -0.240. The Morgan fingerprint density at radius 3 is 3.00 bits per heavy atom. The summed E-state index contributed by atoms with van der Waals surface area (Å²) in [5.41, 5.74) is 10.1. The Balaban J connectivity index is 1.41. The van der Waals surface area contributed by atoms with Crippen molar-refractivity contribution in [2.24, 2.45) is 5.73 Å². The van der Waals surface area contributed by atoms with E-state index in [2.05, 4.69) is 37.2 Å². The van der Waals surface area contributed by atoms with Crippen molar-refractivity contribution in [3.8, 4) is 0 Å².